The molecule has 0 fully saturated rings. The van der Waals surface area contributed by atoms with Crippen molar-refractivity contribution in [1.82, 2.24) is 19.9 Å². The van der Waals surface area contributed by atoms with Gasteiger partial charge in [-0.1, -0.05) is 146 Å². The van der Waals surface area contributed by atoms with Crippen LogP contribution >= 0.6 is 0 Å². The molecule has 9 aromatic rings. The molecular formula is C54H32N6. The van der Waals surface area contributed by atoms with Gasteiger partial charge in [-0.05, 0) is 75.3 Å². The number of nitrogens with zero attached hydrogens (tertiary/aromatic N) is 6. The van der Waals surface area contributed by atoms with E-state index in [4.69, 9.17) is 26.5 Å². The Balaban J connectivity index is 1.03. The molecule has 2 heterocycles. The summed E-state index contributed by atoms with van der Waals surface area (Å²) in [6.07, 6.45) is 0. The van der Waals surface area contributed by atoms with Crippen LogP contribution in [-0.4, -0.2) is 19.9 Å². The number of benzene rings is 7. The van der Waals surface area contributed by atoms with E-state index in [-0.39, 0.29) is 11.8 Å². The molecule has 2 unspecified atom stereocenters. The second-order valence-electron chi connectivity index (χ2n) is 15.2. The van der Waals surface area contributed by atoms with Gasteiger partial charge >= 0.3 is 0 Å². The standard InChI is InChI=1S/C54H32N6/c1-56-40-24-20-37(21-25-40)50-31-48(35-12-6-3-7-13-35)58-54(60-50)39-23-27-44-46(29-39)52-42-15-9-8-14-41(42)51(44)45-28-38(22-26-43(45)52)53-57-47(34-10-4-2-5-11-34)30-49(59-53)36-18-16-33(32-55)17-19-36/h2-31,51-52H. The predicted molar refractivity (Wildman–Crippen MR) is 236 cm³/mol. The van der Waals surface area contributed by atoms with Crippen molar-refractivity contribution < 1.29 is 0 Å². The Labute approximate surface area is 347 Å². The van der Waals surface area contributed by atoms with E-state index in [2.05, 4.69) is 95.8 Å². The summed E-state index contributed by atoms with van der Waals surface area (Å²) in [7, 11) is 0. The molecule has 2 bridgehead atoms. The van der Waals surface area contributed by atoms with E-state index >= 15 is 0 Å². The van der Waals surface area contributed by atoms with Crippen LogP contribution in [0.5, 0.6) is 0 Å². The van der Waals surface area contributed by atoms with Crippen molar-refractivity contribution in [2.75, 3.05) is 0 Å². The van der Waals surface area contributed by atoms with Gasteiger partial charge in [-0.25, -0.2) is 24.8 Å². The van der Waals surface area contributed by atoms with Crippen LogP contribution in [0.15, 0.2) is 182 Å². The van der Waals surface area contributed by atoms with Gasteiger partial charge in [0.15, 0.2) is 17.3 Å². The van der Waals surface area contributed by atoms with Crippen LogP contribution in [-0.2, 0) is 0 Å². The SMILES string of the molecule is [C-]#[N+]c1ccc(-c2cc(-c3ccccc3)nc(-c3ccc4c(c3)C3c5ccccc5C4c4cc(-c5nc(-c6ccccc6)cc(-c6ccc(C#N)cc6)n5)ccc43)n2)cc1. The minimum Gasteiger partial charge on any atom is -0.238 e. The Morgan fingerprint density at radius 3 is 1.17 bits per heavy atom. The van der Waals surface area contributed by atoms with Crippen LogP contribution in [0, 0.1) is 17.9 Å². The summed E-state index contributed by atoms with van der Waals surface area (Å²) >= 11 is 0. The lowest BCUT2D eigenvalue weighted by Crippen LogP contribution is -2.27. The fourth-order valence-corrected chi connectivity index (χ4v) is 8.88. The zero-order valence-electron chi connectivity index (χ0n) is 32.2. The molecule has 0 saturated carbocycles. The van der Waals surface area contributed by atoms with Crippen molar-refractivity contribution in [3.8, 4) is 73.9 Å². The molecule has 278 valence electrons. The zero-order valence-corrected chi connectivity index (χ0v) is 32.2. The van der Waals surface area contributed by atoms with Crippen LogP contribution < -0.4 is 0 Å². The van der Waals surface area contributed by atoms with E-state index in [9.17, 15) is 5.26 Å². The van der Waals surface area contributed by atoms with Crippen molar-refractivity contribution in [1.29, 1.82) is 5.26 Å². The predicted octanol–water partition coefficient (Wildman–Crippen LogP) is 12.7. The first-order chi connectivity index (χ1) is 29.6. The van der Waals surface area contributed by atoms with E-state index in [0.717, 1.165) is 56.2 Å². The Bertz CT molecular complexity index is 3000. The quantitative estimate of drug-likeness (QED) is 0.158. The van der Waals surface area contributed by atoms with E-state index in [1.807, 2.05) is 97.1 Å². The molecule has 0 amide bonds. The first-order valence-electron chi connectivity index (χ1n) is 19.9. The highest BCUT2D eigenvalue weighted by Crippen LogP contribution is 2.56. The second-order valence-corrected chi connectivity index (χ2v) is 15.2. The molecule has 0 N–H and O–H groups in total. The van der Waals surface area contributed by atoms with E-state index in [1.54, 1.807) is 0 Å². The Kier molecular flexibility index (Phi) is 8.29. The molecule has 0 saturated heterocycles. The number of aromatic nitrogens is 4. The van der Waals surface area contributed by atoms with Gasteiger partial charge in [-0.2, -0.15) is 5.26 Å². The molecule has 6 nitrogen and oxygen atoms in total. The molecule has 60 heavy (non-hydrogen) atoms. The highest BCUT2D eigenvalue weighted by Gasteiger charge is 2.41. The maximum atomic E-state index is 9.44. The average molecular weight is 765 g/mol. The van der Waals surface area contributed by atoms with Crippen LogP contribution in [0.25, 0.3) is 72.7 Å². The Morgan fingerprint density at radius 1 is 0.383 bits per heavy atom. The van der Waals surface area contributed by atoms with Gasteiger partial charge in [0.1, 0.15) is 0 Å². The summed E-state index contributed by atoms with van der Waals surface area (Å²) in [4.78, 5) is 24.2. The van der Waals surface area contributed by atoms with Crippen molar-refractivity contribution in [2.24, 2.45) is 0 Å². The number of nitriles is 1. The van der Waals surface area contributed by atoms with Crippen LogP contribution in [0.2, 0.25) is 0 Å². The maximum Gasteiger partial charge on any atom is 0.187 e. The normalized spacial score (nSPS) is 14.3. The fraction of sp³-hybridized carbons (Fsp3) is 0.0370. The number of hydrogen-bond acceptors (Lipinski definition) is 5. The average Bonchev–Trinajstić information content (AvgIpc) is 3.33. The molecule has 6 heteroatoms. The summed E-state index contributed by atoms with van der Waals surface area (Å²) in [6.45, 7) is 7.44. The van der Waals surface area contributed by atoms with E-state index in [0.29, 0.717) is 22.9 Å². The largest absolute Gasteiger partial charge is 0.238 e. The third-order valence-electron chi connectivity index (χ3n) is 11.7. The molecule has 2 atom stereocenters. The molecule has 3 aliphatic carbocycles. The lowest BCUT2D eigenvalue weighted by Gasteiger charge is -2.42. The smallest absolute Gasteiger partial charge is 0.187 e. The lowest BCUT2D eigenvalue weighted by atomic mass is 9.61. The van der Waals surface area contributed by atoms with E-state index < -0.39 is 0 Å². The number of hydrogen-bond donors (Lipinski definition) is 0. The third kappa shape index (κ3) is 5.95. The van der Waals surface area contributed by atoms with Crippen molar-refractivity contribution in [3.05, 3.63) is 232 Å². The van der Waals surface area contributed by atoms with Gasteiger partial charge in [-0.3, -0.25) is 0 Å². The minimum atomic E-state index is 0.0219. The molecule has 0 aliphatic heterocycles. The van der Waals surface area contributed by atoms with Gasteiger partial charge in [0, 0.05) is 39.7 Å². The summed E-state index contributed by atoms with van der Waals surface area (Å²) in [6, 6.07) is 64.1. The molecular weight excluding hydrogens is 733 g/mol. The summed E-state index contributed by atoms with van der Waals surface area (Å²) in [5, 5.41) is 9.44. The summed E-state index contributed by atoms with van der Waals surface area (Å²) in [5.74, 6) is 1.35. The van der Waals surface area contributed by atoms with Gasteiger partial charge in [-0.15, -0.1) is 0 Å². The van der Waals surface area contributed by atoms with Crippen LogP contribution in [0.3, 0.4) is 0 Å². The van der Waals surface area contributed by atoms with Gasteiger partial charge in [0.25, 0.3) is 0 Å². The third-order valence-corrected chi connectivity index (χ3v) is 11.7. The highest BCUT2D eigenvalue weighted by atomic mass is 14.9. The monoisotopic (exact) mass is 764 g/mol. The second kappa shape index (κ2) is 14.3. The lowest BCUT2D eigenvalue weighted by molar-refractivity contribution is 0.754. The molecule has 3 aliphatic rings. The van der Waals surface area contributed by atoms with Gasteiger partial charge in [0.2, 0.25) is 0 Å². The van der Waals surface area contributed by atoms with Gasteiger partial charge < -0.3 is 0 Å². The maximum absolute atomic E-state index is 9.44. The first kappa shape index (κ1) is 34.9. The van der Waals surface area contributed by atoms with Crippen molar-refractivity contribution in [2.45, 2.75) is 11.8 Å². The summed E-state index contributed by atoms with van der Waals surface area (Å²) in [5.41, 5.74) is 18.0. The molecule has 12 rings (SSSR count). The molecule has 0 spiro atoms. The highest BCUT2D eigenvalue weighted by molar-refractivity contribution is 5.78. The van der Waals surface area contributed by atoms with Crippen LogP contribution in [0.1, 0.15) is 50.8 Å². The minimum absolute atomic E-state index is 0.0219. The van der Waals surface area contributed by atoms with Crippen LogP contribution in [0.4, 0.5) is 5.69 Å². The topological polar surface area (TPSA) is 79.7 Å². The van der Waals surface area contributed by atoms with Crippen molar-refractivity contribution in [3.63, 3.8) is 0 Å². The fourth-order valence-electron chi connectivity index (χ4n) is 8.88. The summed E-state index contributed by atoms with van der Waals surface area (Å²) < 4.78 is 0. The Morgan fingerprint density at radius 2 is 0.750 bits per heavy atom. The van der Waals surface area contributed by atoms with E-state index in [1.165, 1.54) is 33.4 Å². The number of rotatable bonds is 6. The first-order valence-corrected chi connectivity index (χ1v) is 19.9. The Hall–Kier alpha value is -8.32. The molecule has 2 aromatic heterocycles. The van der Waals surface area contributed by atoms with Crippen molar-refractivity contribution >= 4 is 5.69 Å². The molecule has 0 radical (unpaired) electrons. The molecule has 7 aromatic carbocycles. The zero-order chi connectivity index (χ0) is 40.2. The van der Waals surface area contributed by atoms with Gasteiger partial charge in [0.05, 0.1) is 41.0 Å².